The molecular formula is C25H33F2N7O. The molecule has 1 aromatic rings. The molecule has 6 N–H and O–H groups in total. The van der Waals surface area contributed by atoms with Crippen molar-refractivity contribution in [1.82, 2.24) is 10.2 Å². The summed E-state index contributed by atoms with van der Waals surface area (Å²) in [6.45, 7) is 4.10. The van der Waals surface area contributed by atoms with Crippen LogP contribution in [-0.2, 0) is 4.79 Å². The van der Waals surface area contributed by atoms with Crippen LogP contribution in [0.15, 0.2) is 52.5 Å². The van der Waals surface area contributed by atoms with Crippen LogP contribution in [0, 0.1) is 17.6 Å². The zero-order valence-electron chi connectivity index (χ0n) is 19.8. The van der Waals surface area contributed by atoms with Gasteiger partial charge in [0.25, 0.3) is 0 Å². The molecule has 2 saturated carbocycles. The van der Waals surface area contributed by atoms with Crippen molar-refractivity contribution in [2.24, 2.45) is 27.4 Å². The number of carbonyl (C=O) groups is 1. The highest BCUT2D eigenvalue weighted by atomic mass is 19.1. The minimum absolute atomic E-state index is 0.0703. The third-order valence-electron chi connectivity index (χ3n) is 6.93. The summed E-state index contributed by atoms with van der Waals surface area (Å²) >= 11 is 0. The predicted octanol–water partition coefficient (Wildman–Crippen LogP) is 3.68. The van der Waals surface area contributed by atoms with Gasteiger partial charge in [0.2, 0.25) is 11.9 Å². The number of aliphatic imine (C=N–C) groups is 2. The zero-order chi connectivity index (χ0) is 24.9. The Morgan fingerprint density at radius 2 is 1.86 bits per heavy atom. The number of amides is 1. The Morgan fingerprint density at radius 3 is 2.49 bits per heavy atom. The van der Waals surface area contributed by atoms with E-state index in [2.05, 4.69) is 22.2 Å². The highest BCUT2D eigenvalue weighted by molar-refractivity contribution is 6.18. The van der Waals surface area contributed by atoms with E-state index in [1.165, 1.54) is 37.6 Å². The van der Waals surface area contributed by atoms with E-state index in [9.17, 15) is 13.6 Å². The topological polar surface area (TPSA) is 121 Å². The Kier molecular flexibility index (Phi) is 7.67. The quantitative estimate of drug-likeness (QED) is 0.490. The van der Waals surface area contributed by atoms with Gasteiger partial charge in [-0.05, 0) is 50.7 Å². The molecule has 1 aliphatic heterocycles. The zero-order valence-corrected chi connectivity index (χ0v) is 19.8. The molecule has 0 aromatic heterocycles. The second kappa shape index (κ2) is 10.9. The Balaban J connectivity index is 1.61. The van der Waals surface area contributed by atoms with Crippen molar-refractivity contribution >= 4 is 23.4 Å². The third-order valence-corrected chi connectivity index (χ3v) is 6.93. The highest BCUT2D eigenvalue weighted by Crippen LogP contribution is 2.32. The smallest absolute Gasteiger partial charge is 0.220 e. The van der Waals surface area contributed by atoms with Gasteiger partial charge in [0.1, 0.15) is 23.2 Å². The SMILES string of the molecule is C=C(/N=C1\C(=C/N)N=C(Nc2ccc(F)cc2F)N1[C@H]1CC[C@@H](C(N)=O)CC1)NC1CCCCC1. The molecule has 35 heavy (non-hydrogen) atoms. The average Bonchev–Trinajstić information content (AvgIpc) is 3.18. The van der Waals surface area contributed by atoms with Gasteiger partial charge in [0, 0.05) is 30.3 Å². The van der Waals surface area contributed by atoms with Gasteiger partial charge in [-0.3, -0.25) is 9.69 Å². The van der Waals surface area contributed by atoms with Crippen LogP contribution < -0.4 is 22.1 Å². The molecular weight excluding hydrogens is 452 g/mol. The van der Waals surface area contributed by atoms with E-state index in [-0.39, 0.29) is 23.6 Å². The molecule has 4 rings (SSSR count). The number of carbonyl (C=O) groups excluding carboxylic acids is 1. The second-order valence-electron chi connectivity index (χ2n) is 9.38. The summed E-state index contributed by atoms with van der Waals surface area (Å²) in [6, 6.07) is 3.55. The number of amidine groups is 1. The Hall–Kier alpha value is -3.43. The Bertz CT molecular complexity index is 1050. The van der Waals surface area contributed by atoms with Gasteiger partial charge in [-0.15, -0.1) is 0 Å². The maximum atomic E-state index is 14.4. The molecule has 1 aromatic carbocycles. The minimum Gasteiger partial charge on any atom is -0.403 e. The molecule has 3 aliphatic rings. The molecule has 0 radical (unpaired) electrons. The predicted molar refractivity (Wildman–Crippen MR) is 133 cm³/mol. The first kappa shape index (κ1) is 24.7. The number of hydrogen-bond donors (Lipinski definition) is 4. The normalized spacial score (nSPS) is 25.5. The molecule has 0 bridgehead atoms. The van der Waals surface area contributed by atoms with Crippen molar-refractivity contribution in [1.29, 1.82) is 0 Å². The number of primary amides is 1. The van der Waals surface area contributed by atoms with Crippen molar-refractivity contribution in [2.75, 3.05) is 5.32 Å². The van der Waals surface area contributed by atoms with E-state index < -0.39 is 11.6 Å². The molecule has 1 amide bonds. The van der Waals surface area contributed by atoms with Gasteiger partial charge in [-0.1, -0.05) is 25.8 Å². The number of benzene rings is 1. The van der Waals surface area contributed by atoms with Crippen molar-refractivity contribution in [3.05, 3.63) is 54.1 Å². The number of rotatable bonds is 6. The maximum absolute atomic E-state index is 14.4. The van der Waals surface area contributed by atoms with E-state index >= 15 is 0 Å². The van der Waals surface area contributed by atoms with Crippen LogP contribution in [0.5, 0.6) is 0 Å². The van der Waals surface area contributed by atoms with E-state index in [4.69, 9.17) is 16.5 Å². The summed E-state index contributed by atoms with van der Waals surface area (Å²) in [5.74, 6) is -0.551. The van der Waals surface area contributed by atoms with Crippen molar-refractivity contribution in [3.8, 4) is 0 Å². The molecule has 8 nitrogen and oxygen atoms in total. The lowest BCUT2D eigenvalue weighted by Crippen LogP contribution is -2.47. The van der Waals surface area contributed by atoms with Gasteiger partial charge in [0.15, 0.2) is 5.84 Å². The fourth-order valence-electron chi connectivity index (χ4n) is 5.07. The minimum atomic E-state index is -0.739. The number of anilines is 1. The number of nitrogens with zero attached hydrogens (tertiary/aromatic N) is 3. The average molecular weight is 486 g/mol. The third kappa shape index (κ3) is 5.80. The van der Waals surface area contributed by atoms with Crippen LogP contribution >= 0.6 is 0 Å². The first-order valence-corrected chi connectivity index (χ1v) is 12.2. The number of hydrogen-bond acceptors (Lipinski definition) is 6. The van der Waals surface area contributed by atoms with Crippen LogP contribution in [-0.4, -0.2) is 34.7 Å². The fourth-order valence-corrected chi connectivity index (χ4v) is 5.07. The van der Waals surface area contributed by atoms with E-state index in [1.54, 1.807) is 0 Å². The summed E-state index contributed by atoms with van der Waals surface area (Å²) in [6.07, 6.45) is 9.66. The molecule has 188 valence electrons. The summed E-state index contributed by atoms with van der Waals surface area (Å²) < 4.78 is 27.9. The van der Waals surface area contributed by atoms with Crippen LogP contribution in [0.2, 0.25) is 0 Å². The van der Waals surface area contributed by atoms with Crippen LogP contribution in [0.1, 0.15) is 57.8 Å². The van der Waals surface area contributed by atoms with E-state index in [0.29, 0.717) is 55.0 Å². The summed E-state index contributed by atoms with van der Waals surface area (Å²) in [7, 11) is 0. The lowest BCUT2D eigenvalue weighted by atomic mass is 9.85. The van der Waals surface area contributed by atoms with Gasteiger partial charge < -0.3 is 22.1 Å². The highest BCUT2D eigenvalue weighted by Gasteiger charge is 2.37. The lowest BCUT2D eigenvalue weighted by Gasteiger charge is -2.35. The number of nitrogens with two attached hydrogens (primary N) is 2. The molecule has 10 heteroatoms. The Labute approximate surface area is 204 Å². The first-order valence-electron chi connectivity index (χ1n) is 12.2. The molecule has 0 atom stereocenters. The molecule has 1 heterocycles. The van der Waals surface area contributed by atoms with E-state index in [1.807, 2.05) is 4.90 Å². The second-order valence-corrected chi connectivity index (χ2v) is 9.38. The number of halogens is 2. The monoisotopic (exact) mass is 485 g/mol. The van der Waals surface area contributed by atoms with Gasteiger partial charge in [-0.2, -0.15) is 0 Å². The summed E-state index contributed by atoms with van der Waals surface area (Å²) in [4.78, 5) is 22.9. The van der Waals surface area contributed by atoms with Crippen molar-refractivity contribution in [2.45, 2.75) is 69.9 Å². The molecule has 0 spiro atoms. The molecule has 0 saturated heterocycles. The number of guanidine groups is 1. The maximum Gasteiger partial charge on any atom is 0.220 e. The molecule has 2 fully saturated rings. The Morgan fingerprint density at radius 1 is 1.14 bits per heavy atom. The summed E-state index contributed by atoms with van der Waals surface area (Å²) in [5, 5.41) is 6.39. The first-order chi connectivity index (χ1) is 16.9. The molecule has 0 unspecified atom stereocenters. The van der Waals surface area contributed by atoms with Crippen LogP contribution in [0.25, 0.3) is 0 Å². The van der Waals surface area contributed by atoms with Crippen molar-refractivity contribution < 1.29 is 13.6 Å². The fraction of sp³-hybridized carbons (Fsp3) is 0.480. The lowest BCUT2D eigenvalue weighted by molar-refractivity contribution is -0.122. The van der Waals surface area contributed by atoms with Crippen LogP contribution in [0.4, 0.5) is 14.5 Å². The van der Waals surface area contributed by atoms with Gasteiger partial charge >= 0.3 is 0 Å². The van der Waals surface area contributed by atoms with Crippen LogP contribution in [0.3, 0.4) is 0 Å². The largest absolute Gasteiger partial charge is 0.403 e. The standard InChI is InChI=1S/C25H33F2N7O/c1-15(30-18-5-3-2-4-6-18)31-24-22(14-28)33-25(32-21-12-9-17(26)13-20(21)27)34(24)19-10-7-16(8-11-19)23(29)35/h9,12-14,16,18-19,30H,1-8,10-11,28H2,(H2,29,35)(H,32,33)/b22-14+,31-24+/t16-,19+. The van der Waals surface area contributed by atoms with Crippen molar-refractivity contribution in [3.63, 3.8) is 0 Å². The van der Waals surface area contributed by atoms with Gasteiger partial charge in [0.05, 0.1) is 5.69 Å². The summed E-state index contributed by atoms with van der Waals surface area (Å²) in [5.41, 5.74) is 11.9. The van der Waals surface area contributed by atoms with E-state index in [0.717, 1.165) is 18.9 Å². The number of nitrogens with one attached hydrogen (secondary N) is 2. The molecule has 2 aliphatic carbocycles. The van der Waals surface area contributed by atoms with Gasteiger partial charge in [-0.25, -0.2) is 18.8 Å².